The Morgan fingerprint density at radius 2 is 1.97 bits per heavy atom. The number of hydrogen-bond donors (Lipinski definition) is 2. The lowest BCUT2D eigenvalue weighted by molar-refractivity contribution is -0.122. The van der Waals surface area contributed by atoms with Gasteiger partial charge in [-0.2, -0.15) is 0 Å². The van der Waals surface area contributed by atoms with E-state index in [0.717, 1.165) is 18.5 Å². The maximum atomic E-state index is 12.7. The molecule has 2 aliphatic rings. The fourth-order valence-electron chi connectivity index (χ4n) is 3.89. The molecule has 9 nitrogen and oxygen atoms in total. The summed E-state index contributed by atoms with van der Waals surface area (Å²) in [7, 11) is 1.58. The molecule has 0 radical (unpaired) electrons. The topological polar surface area (TPSA) is 114 Å². The van der Waals surface area contributed by atoms with Crippen molar-refractivity contribution in [3.8, 4) is 5.75 Å². The SMILES string of the molecule is COc1ccc(N2C[C@H](C(=O)Nc3nnc(SCC(=O)NC4CCCC4)s3)CC2=O)cc1. The first-order chi connectivity index (χ1) is 15.5. The summed E-state index contributed by atoms with van der Waals surface area (Å²) in [4.78, 5) is 38.7. The number of nitrogens with zero attached hydrogens (tertiary/aromatic N) is 3. The van der Waals surface area contributed by atoms with Crippen LogP contribution < -0.4 is 20.3 Å². The third kappa shape index (κ3) is 5.57. The van der Waals surface area contributed by atoms with Gasteiger partial charge in [0.15, 0.2) is 4.34 Å². The number of benzene rings is 1. The minimum Gasteiger partial charge on any atom is -0.497 e. The fourth-order valence-corrected chi connectivity index (χ4v) is 5.45. The van der Waals surface area contributed by atoms with Crippen LogP contribution in [0.15, 0.2) is 28.6 Å². The minimum absolute atomic E-state index is 0.00854. The number of aromatic nitrogens is 2. The maximum absolute atomic E-state index is 12.7. The predicted octanol–water partition coefficient (Wildman–Crippen LogP) is 2.69. The molecule has 0 unspecified atom stereocenters. The number of amides is 3. The predicted molar refractivity (Wildman–Crippen MR) is 123 cm³/mol. The zero-order valence-electron chi connectivity index (χ0n) is 17.7. The Bertz CT molecular complexity index is 975. The highest BCUT2D eigenvalue weighted by Crippen LogP contribution is 2.29. The molecule has 1 saturated heterocycles. The lowest BCUT2D eigenvalue weighted by atomic mass is 10.1. The molecule has 32 heavy (non-hydrogen) atoms. The molecule has 2 aromatic rings. The van der Waals surface area contributed by atoms with E-state index in [9.17, 15) is 14.4 Å². The van der Waals surface area contributed by atoms with Gasteiger partial charge in [-0.1, -0.05) is 35.9 Å². The van der Waals surface area contributed by atoms with E-state index in [2.05, 4.69) is 20.8 Å². The van der Waals surface area contributed by atoms with E-state index in [4.69, 9.17) is 4.74 Å². The van der Waals surface area contributed by atoms with Crippen LogP contribution in [0.4, 0.5) is 10.8 Å². The first-order valence-electron chi connectivity index (χ1n) is 10.5. The van der Waals surface area contributed by atoms with Gasteiger partial charge in [0.25, 0.3) is 0 Å². The number of thioether (sulfide) groups is 1. The molecule has 2 heterocycles. The molecule has 1 aliphatic carbocycles. The summed E-state index contributed by atoms with van der Waals surface area (Å²) in [6.45, 7) is 0.304. The van der Waals surface area contributed by atoms with Crippen molar-refractivity contribution in [2.75, 3.05) is 29.6 Å². The van der Waals surface area contributed by atoms with Crippen molar-refractivity contribution in [2.45, 2.75) is 42.5 Å². The van der Waals surface area contributed by atoms with E-state index < -0.39 is 5.92 Å². The van der Waals surface area contributed by atoms with Crippen molar-refractivity contribution in [1.29, 1.82) is 0 Å². The quantitative estimate of drug-likeness (QED) is 0.446. The van der Waals surface area contributed by atoms with E-state index in [-0.39, 0.29) is 29.9 Å². The van der Waals surface area contributed by atoms with Crippen LogP contribution in [0.3, 0.4) is 0 Å². The third-order valence-corrected chi connectivity index (χ3v) is 7.54. The van der Waals surface area contributed by atoms with Gasteiger partial charge in [0, 0.05) is 24.7 Å². The monoisotopic (exact) mass is 475 g/mol. The summed E-state index contributed by atoms with van der Waals surface area (Å²) in [5.41, 5.74) is 0.733. The Labute approximate surface area is 194 Å². The summed E-state index contributed by atoms with van der Waals surface area (Å²) in [6.07, 6.45) is 4.57. The summed E-state index contributed by atoms with van der Waals surface area (Å²) in [5, 5.41) is 14.2. The number of anilines is 2. The highest BCUT2D eigenvalue weighted by atomic mass is 32.2. The molecule has 0 bridgehead atoms. The summed E-state index contributed by atoms with van der Waals surface area (Å²) in [5.74, 6) is 0.133. The highest BCUT2D eigenvalue weighted by Gasteiger charge is 2.35. The van der Waals surface area contributed by atoms with Gasteiger partial charge < -0.3 is 20.3 Å². The molecular formula is C21H25N5O4S2. The van der Waals surface area contributed by atoms with E-state index in [1.165, 1.54) is 35.9 Å². The van der Waals surface area contributed by atoms with E-state index in [1.54, 1.807) is 36.3 Å². The molecule has 11 heteroatoms. The number of carbonyl (C=O) groups is 3. The molecule has 1 aromatic carbocycles. The summed E-state index contributed by atoms with van der Waals surface area (Å²) in [6, 6.07) is 7.45. The number of rotatable bonds is 8. The molecule has 1 saturated carbocycles. The Morgan fingerprint density at radius 1 is 1.22 bits per heavy atom. The summed E-state index contributed by atoms with van der Waals surface area (Å²) >= 11 is 2.53. The van der Waals surface area contributed by atoms with Crippen LogP contribution in [0, 0.1) is 5.92 Å². The standard InChI is InChI=1S/C21H25N5O4S2/c1-30-16-8-6-15(7-9-16)26-11-13(10-18(26)28)19(29)23-20-24-25-21(32-20)31-12-17(27)22-14-4-2-3-5-14/h6-9,13-14H,2-5,10-12H2,1H3,(H,22,27)(H,23,24,29)/t13-/m1/s1. The van der Waals surface area contributed by atoms with Crippen molar-refractivity contribution in [3.05, 3.63) is 24.3 Å². The highest BCUT2D eigenvalue weighted by molar-refractivity contribution is 8.01. The second-order valence-corrected chi connectivity index (χ2v) is 10.0. The Kier molecular flexibility index (Phi) is 7.26. The molecule has 2 N–H and O–H groups in total. The lowest BCUT2D eigenvalue weighted by Gasteiger charge is -2.16. The van der Waals surface area contributed by atoms with Crippen LogP contribution in [-0.2, 0) is 14.4 Å². The van der Waals surface area contributed by atoms with Gasteiger partial charge in [-0.15, -0.1) is 10.2 Å². The molecular weight excluding hydrogens is 450 g/mol. The molecule has 1 aliphatic heterocycles. The number of carbonyl (C=O) groups excluding carboxylic acids is 3. The van der Waals surface area contributed by atoms with Gasteiger partial charge in [-0.3, -0.25) is 14.4 Å². The Balaban J connectivity index is 1.26. The molecule has 3 amide bonds. The van der Waals surface area contributed by atoms with Crippen LogP contribution in [0.1, 0.15) is 32.1 Å². The zero-order valence-corrected chi connectivity index (χ0v) is 19.3. The van der Waals surface area contributed by atoms with Crippen LogP contribution >= 0.6 is 23.1 Å². The van der Waals surface area contributed by atoms with Crippen molar-refractivity contribution in [3.63, 3.8) is 0 Å². The van der Waals surface area contributed by atoms with Crippen LogP contribution in [0.5, 0.6) is 5.75 Å². The number of ether oxygens (including phenoxy) is 1. The van der Waals surface area contributed by atoms with Gasteiger partial charge in [-0.25, -0.2) is 0 Å². The largest absolute Gasteiger partial charge is 0.497 e. The third-order valence-electron chi connectivity index (χ3n) is 5.56. The molecule has 1 atom stereocenters. The molecule has 0 spiro atoms. The van der Waals surface area contributed by atoms with E-state index >= 15 is 0 Å². The van der Waals surface area contributed by atoms with Crippen LogP contribution in [0.25, 0.3) is 0 Å². The fraction of sp³-hybridized carbons (Fsp3) is 0.476. The van der Waals surface area contributed by atoms with Crippen molar-refractivity contribution < 1.29 is 19.1 Å². The van der Waals surface area contributed by atoms with Gasteiger partial charge in [-0.05, 0) is 37.1 Å². The molecule has 170 valence electrons. The van der Waals surface area contributed by atoms with Gasteiger partial charge in [0.1, 0.15) is 5.75 Å². The van der Waals surface area contributed by atoms with Gasteiger partial charge in [0.2, 0.25) is 22.9 Å². The first-order valence-corrected chi connectivity index (χ1v) is 12.3. The van der Waals surface area contributed by atoms with E-state index in [1.807, 2.05) is 0 Å². The smallest absolute Gasteiger partial charge is 0.231 e. The second-order valence-electron chi connectivity index (χ2n) is 7.80. The van der Waals surface area contributed by atoms with E-state index in [0.29, 0.717) is 27.8 Å². The Morgan fingerprint density at radius 3 is 2.69 bits per heavy atom. The van der Waals surface area contributed by atoms with Crippen LogP contribution in [0.2, 0.25) is 0 Å². The lowest BCUT2D eigenvalue weighted by Crippen LogP contribution is -2.33. The van der Waals surface area contributed by atoms with Gasteiger partial charge in [0.05, 0.1) is 18.8 Å². The number of methoxy groups -OCH3 is 1. The number of hydrogen-bond acceptors (Lipinski definition) is 8. The van der Waals surface area contributed by atoms with Crippen molar-refractivity contribution >= 4 is 51.6 Å². The molecule has 2 fully saturated rings. The maximum Gasteiger partial charge on any atom is 0.231 e. The van der Waals surface area contributed by atoms with Crippen molar-refractivity contribution in [2.24, 2.45) is 5.92 Å². The van der Waals surface area contributed by atoms with Crippen molar-refractivity contribution in [1.82, 2.24) is 15.5 Å². The molecule has 4 rings (SSSR count). The minimum atomic E-state index is -0.471. The summed E-state index contributed by atoms with van der Waals surface area (Å²) < 4.78 is 5.76. The normalized spacial score (nSPS) is 18.7. The Hall–Kier alpha value is -2.66. The average molecular weight is 476 g/mol. The number of nitrogens with one attached hydrogen (secondary N) is 2. The zero-order chi connectivity index (χ0) is 22.5. The average Bonchev–Trinajstić information content (AvgIpc) is 3.54. The van der Waals surface area contributed by atoms with Gasteiger partial charge >= 0.3 is 0 Å². The molecule has 1 aromatic heterocycles. The second kappa shape index (κ2) is 10.3. The first kappa shape index (κ1) is 22.5. The van der Waals surface area contributed by atoms with Crippen LogP contribution in [-0.4, -0.2) is 53.4 Å².